The molecule has 1 amide bonds. The summed E-state index contributed by atoms with van der Waals surface area (Å²) in [5.74, 6) is -0.512. The summed E-state index contributed by atoms with van der Waals surface area (Å²) in [4.78, 5) is 24.7. The Morgan fingerprint density at radius 2 is 2.06 bits per heavy atom. The zero-order valence-corrected chi connectivity index (χ0v) is 20.3. The Morgan fingerprint density at radius 1 is 1.19 bits per heavy atom. The fourth-order valence-corrected chi connectivity index (χ4v) is 4.87. The third-order valence-electron chi connectivity index (χ3n) is 6.60. The van der Waals surface area contributed by atoms with Gasteiger partial charge in [0.05, 0.1) is 16.8 Å². The molecule has 5 rings (SSSR count). The lowest BCUT2D eigenvalue weighted by Gasteiger charge is -2.24. The molecule has 2 aromatic carbocycles. The number of nitriles is 1. The number of hydrogen-bond acceptors (Lipinski definition) is 5. The summed E-state index contributed by atoms with van der Waals surface area (Å²) in [6, 6.07) is 18.0. The normalized spacial score (nSPS) is 15.1. The molecule has 0 radical (unpaired) electrons. The molecule has 1 aliphatic heterocycles. The fraction of sp³-hybridized carbons (Fsp3) is 0.241. The zero-order valence-electron chi connectivity index (χ0n) is 20.3. The van der Waals surface area contributed by atoms with Gasteiger partial charge in [0.25, 0.3) is 5.91 Å². The first-order valence-corrected chi connectivity index (χ1v) is 12.0. The summed E-state index contributed by atoms with van der Waals surface area (Å²) in [5, 5.41) is 13.4. The van der Waals surface area contributed by atoms with Gasteiger partial charge in [-0.25, -0.2) is 9.37 Å². The van der Waals surface area contributed by atoms with E-state index in [4.69, 9.17) is 0 Å². The van der Waals surface area contributed by atoms with Crippen LogP contribution in [-0.4, -0.2) is 47.0 Å². The maximum absolute atomic E-state index is 14.4. The first-order valence-electron chi connectivity index (χ1n) is 12.0. The van der Waals surface area contributed by atoms with E-state index in [2.05, 4.69) is 21.4 Å². The van der Waals surface area contributed by atoms with Crippen LogP contribution in [0.25, 0.3) is 33.3 Å². The second kappa shape index (κ2) is 9.84. The number of hydrogen-bond donors (Lipinski definition) is 1. The number of halogens is 1. The number of rotatable bonds is 5. The molecule has 1 saturated heterocycles. The molecule has 36 heavy (non-hydrogen) atoms. The van der Waals surface area contributed by atoms with Gasteiger partial charge in [-0.2, -0.15) is 5.26 Å². The monoisotopic (exact) mass is 479 g/mol. The van der Waals surface area contributed by atoms with Crippen molar-refractivity contribution in [2.24, 2.45) is 0 Å². The first kappa shape index (κ1) is 23.6. The van der Waals surface area contributed by atoms with E-state index in [1.807, 2.05) is 37.3 Å². The lowest BCUT2D eigenvalue weighted by Crippen LogP contribution is -2.38. The number of benzene rings is 2. The Labute approximate surface area is 209 Å². The number of carbonyl (C=O) groups excluding carboxylic acids is 1. The van der Waals surface area contributed by atoms with Crippen LogP contribution in [0.15, 0.2) is 60.8 Å². The molecule has 0 unspecified atom stereocenters. The van der Waals surface area contributed by atoms with Crippen LogP contribution >= 0.6 is 0 Å². The molecule has 0 saturated carbocycles. The highest BCUT2D eigenvalue weighted by Crippen LogP contribution is 2.33. The van der Waals surface area contributed by atoms with Crippen LogP contribution in [0.3, 0.4) is 0 Å². The van der Waals surface area contributed by atoms with Crippen LogP contribution in [0.4, 0.5) is 4.39 Å². The quantitative estimate of drug-likeness (QED) is 0.430. The van der Waals surface area contributed by atoms with Gasteiger partial charge in [0, 0.05) is 42.3 Å². The minimum absolute atomic E-state index is 0.149. The number of aryl methyl sites for hydroxylation is 1. The largest absolute Gasteiger partial charge is 0.340 e. The van der Waals surface area contributed by atoms with Crippen molar-refractivity contribution in [1.29, 1.82) is 5.26 Å². The summed E-state index contributed by atoms with van der Waals surface area (Å²) in [6.07, 6.45) is 3.77. The molecule has 0 bridgehead atoms. The topological polar surface area (TPSA) is 81.9 Å². The summed E-state index contributed by atoms with van der Waals surface area (Å²) in [5.41, 5.74) is 4.79. The molecule has 6 nitrogen and oxygen atoms in total. The van der Waals surface area contributed by atoms with E-state index in [1.54, 1.807) is 30.3 Å². The lowest BCUT2D eigenvalue weighted by molar-refractivity contribution is 0.0786. The second-order valence-corrected chi connectivity index (χ2v) is 9.29. The number of carbonyl (C=O) groups is 1. The van der Waals surface area contributed by atoms with Crippen molar-refractivity contribution in [3.8, 4) is 28.5 Å². The van der Waals surface area contributed by atoms with Crippen molar-refractivity contribution in [3.05, 3.63) is 83.4 Å². The number of aromatic nitrogens is 2. The van der Waals surface area contributed by atoms with Crippen LogP contribution in [0.5, 0.6) is 0 Å². The molecule has 3 heterocycles. The summed E-state index contributed by atoms with van der Waals surface area (Å²) < 4.78 is 14.4. The SMILES string of the molecule is Cc1cc(F)cc(-c2cnc3ccc(-c4cccc(C#N)n4)cc3c2C(=O)N(C)C[C@@H]2CCCN2)c1. The van der Waals surface area contributed by atoms with Gasteiger partial charge >= 0.3 is 0 Å². The standard InChI is InChI=1S/C29H26FN5O/c1-18-11-20(13-21(30)12-18)25-16-33-27-9-8-19(26-7-3-5-22(15-31)34-26)14-24(27)28(25)29(36)35(2)17-23-6-4-10-32-23/h3,5,7-9,11-14,16,23,32H,4,6,10,17H2,1-2H3/t23-/m0/s1. The number of nitrogens with zero attached hydrogens (tertiary/aromatic N) is 4. The molecule has 2 aromatic heterocycles. The van der Waals surface area contributed by atoms with Crippen molar-refractivity contribution in [3.63, 3.8) is 0 Å². The molecule has 1 atom stereocenters. The van der Waals surface area contributed by atoms with Gasteiger partial charge in [0.15, 0.2) is 0 Å². The third-order valence-corrected chi connectivity index (χ3v) is 6.60. The third kappa shape index (κ3) is 4.68. The maximum atomic E-state index is 14.4. The number of pyridine rings is 2. The van der Waals surface area contributed by atoms with E-state index in [0.717, 1.165) is 30.5 Å². The predicted molar refractivity (Wildman–Crippen MR) is 138 cm³/mol. The van der Waals surface area contributed by atoms with Crippen LogP contribution < -0.4 is 5.32 Å². The van der Waals surface area contributed by atoms with Gasteiger partial charge in [-0.05, 0) is 73.8 Å². The second-order valence-electron chi connectivity index (χ2n) is 9.29. The number of fused-ring (bicyclic) bond motifs is 1. The Balaban J connectivity index is 1.69. The molecule has 1 N–H and O–H groups in total. The Hall–Kier alpha value is -4.15. The number of nitrogens with one attached hydrogen (secondary N) is 1. The van der Waals surface area contributed by atoms with Crippen molar-refractivity contribution >= 4 is 16.8 Å². The molecule has 1 fully saturated rings. The zero-order chi connectivity index (χ0) is 25.2. The van der Waals surface area contributed by atoms with E-state index in [-0.39, 0.29) is 17.8 Å². The minimum Gasteiger partial charge on any atom is -0.340 e. The van der Waals surface area contributed by atoms with Gasteiger partial charge in [-0.15, -0.1) is 0 Å². The van der Waals surface area contributed by atoms with Gasteiger partial charge in [0.1, 0.15) is 17.6 Å². The van der Waals surface area contributed by atoms with Crippen LogP contribution in [0.1, 0.15) is 34.5 Å². The van der Waals surface area contributed by atoms with Gasteiger partial charge in [0.2, 0.25) is 0 Å². The van der Waals surface area contributed by atoms with E-state index >= 15 is 0 Å². The first-order chi connectivity index (χ1) is 17.4. The predicted octanol–water partition coefficient (Wildman–Crippen LogP) is 5.11. The molecule has 0 aliphatic carbocycles. The van der Waals surface area contributed by atoms with E-state index in [9.17, 15) is 14.4 Å². The van der Waals surface area contributed by atoms with Crippen LogP contribution in [0, 0.1) is 24.1 Å². The van der Waals surface area contributed by atoms with Crippen molar-refractivity contribution in [2.75, 3.05) is 20.1 Å². The average molecular weight is 480 g/mol. The van der Waals surface area contributed by atoms with Gasteiger partial charge in [-0.3, -0.25) is 9.78 Å². The van der Waals surface area contributed by atoms with E-state index in [1.165, 1.54) is 12.1 Å². The Bertz CT molecular complexity index is 1480. The Kier molecular flexibility index (Phi) is 6.45. The molecular weight excluding hydrogens is 453 g/mol. The molecule has 0 spiro atoms. The molecule has 7 heteroatoms. The summed E-state index contributed by atoms with van der Waals surface area (Å²) in [6.45, 7) is 3.36. The minimum atomic E-state index is -0.363. The van der Waals surface area contributed by atoms with E-state index in [0.29, 0.717) is 45.5 Å². The highest BCUT2D eigenvalue weighted by atomic mass is 19.1. The average Bonchev–Trinajstić information content (AvgIpc) is 3.39. The van der Waals surface area contributed by atoms with Gasteiger partial charge in [-0.1, -0.05) is 18.2 Å². The smallest absolute Gasteiger partial charge is 0.255 e. The van der Waals surface area contributed by atoms with Crippen LogP contribution in [0.2, 0.25) is 0 Å². The summed E-state index contributed by atoms with van der Waals surface area (Å²) in [7, 11) is 1.80. The summed E-state index contributed by atoms with van der Waals surface area (Å²) >= 11 is 0. The molecule has 1 aliphatic rings. The van der Waals surface area contributed by atoms with Crippen molar-refractivity contribution in [2.45, 2.75) is 25.8 Å². The fourth-order valence-electron chi connectivity index (χ4n) is 4.87. The Morgan fingerprint density at radius 3 is 2.81 bits per heavy atom. The van der Waals surface area contributed by atoms with E-state index < -0.39 is 0 Å². The highest BCUT2D eigenvalue weighted by Gasteiger charge is 2.25. The lowest BCUT2D eigenvalue weighted by atomic mass is 9.94. The van der Waals surface area contributed by atoms with Crippen LogP contribution in [-0.2, 0) is 0 Å². The molecular formula is C29H26FN5O. The number of likely N-dealkylation sites (N-methyl/N-ethyl adjacent to an activating group) is 1. The van der Waals surface area contributed by atoms with Crippen molar-refractivity contribution in [1.82, 2.24) is 20.2 Å². The van der Waals surface area contributed by atoms with Crippen molar-refractivity contribution < 1.29 is 9.18 Å². The molecule has 4 aromatic rings. The highest BCUT2D eigenvalue weighted by molar-refractivity contribution is 6.12. The maximum Gasteiger partial charge on any atom is 0.255 e. The van der Waals surface area contributed by atoms with Gasteiger partial charge < -0.3 is 10.2 Å². The molecule has 180 valence electrons. The number of amides is 1.